The summed E-state index contributed by atoms with van der Waals surface area (Å²) in [5, 5.41) is 0. The quantitative estimate of drug-likeness (QED) is 0.701. The van der Waals surface area contributed by atoms with Crippen molar-refractivity contribution < 1.29 is 34.1 Å². The highest BCUT2D eigenvalue weighted by Gasteiger charge is 2.26. The first-order valence-electron chi connectivity index (χ1n) is 12.2. The van der Waals surface area contributed by atoms with Crippen molar-refractivity contribution >= 4 is 33.7 Å². The van der Waals surface area contributed by atoms with E-state index in [-0.39, 0.29) is 14.3 Å². The van der Waals surface area contributed by atoms with Gasteiger partial charge in [0.1, 0.15) is 5.60 Å². The molecule has 0 radical (unpaired) electrons. The summed E-state index contributed by atoms with van der Waals surface area (Å²) in [7, 11) is -3.11. The molecule has 0 saturated carbocycles. The summed E-state index contributed by atoms with van der Waals surface area (Å²) in [6.45, 7) is -9.65. The average Bonchev–Trinajstić information content (AvgIpc) is 2.55. The van der Waals surface area contributed by atoms with Crippen molar-refractivity contribution in [3.8, 4) is 0 Å². The molecule has 0 unspecified atom stereocenters. The van der Waals surface area contributed by atoms with Crippen LogP contribution in [0.5, 0.6) is 0 Å². The number of rotatable bonds is 2. The van der Waals surface area contributed by atoms with Crippen LogP contribution in [0.3, 0.4) is 0 Å². The topological polar surface area (TPSA) is 59.1 Å². The Bertz CT molecular complexity index is 996. The van der Waals surface area contributed by atoms with Gasteiger partial charge in [0.15, 0.2) is 0 Å². The van der Waals surface area contributed by atoms with Gasteiger partial charge in [-0.25, -0.2) is 9.59 Å². The van der Waals surface area contributed by atoms with E-state index in [0.717, 1.165) is 18.2 Å². The smallest absolute Gasteiger partial charge is 0.410 e. The van der Waals surface area contributed by atoms with Crippen LogP contribution in [0.2, 0.25) is 0 Å². The first-order valence-corrected chi connectivity index (χ1v) is 7.53. The van der Waals surface area contributed by atoms with Crippen molar-refractivity contribution in [2.45, 2.75) is 26.4 Å². The maximum absolute atomic E-state index is 12.7. The van der Waals surface area contributed by atoms with Crippen LogP contribution in [0.1, 0.15) is 46.2 Å². The van der Waals surface area contributed by atoms with Gasteiger partial charge >= 0.3 is 12.1 Å². The van der Waals surface area contributed by atoms with Crippen LogP contribution in [0.4, 0.5) is 10.5 Å². The summed E-state index contributed by atoms with van der Waals surface area (Å²) >= 11 is 3.04. The van der Waals surface area contributed by atoms with Gasteiger partial charge in [0.2, 0.25) is 0 Å². The number of amides is 1. The predicted octanol–water partition coefficient (Wildman–Crippen LogP) is 3.29. The summed E-state index contributed by atoms with van der Waals surface area (Å²) < 4.78 is 97.7. The van der Waals surface area contributed by atoms with Gasteiger partial charge in [0.25, 0.3) is 0 Å². The molecule has 1 aromatic rings. The Morgan fingerprint density at radius 1 is 1.21 bits per heavy atom. The third-order valence-corrected chi connectivity index (χ3v) is 3.05. The highest BCUT2D eigenvalue weighted by atomic mass is 79.9. The summed E-state index contributed by atoms with van der Waals surface area (Å²) in [6, 6.07) is 2.99. The third-order valence-electron chi connectivity index (χ3n) is 2.59. The van der Waals surface area contributed by atoms with Crippen LogP contribution < -0.4 is 4.90 Å². The van der Waals surface area contributed by atoms with E-state index in [2.05, 4.69) is 20.7 Å². The molecule has 1 aliphatic heterocycles. The van der Waals surface area contributed by atoms with E-state index < -0.39 is 61.9 Å². The molecule has 1 aromatic carbocycles. The minimum Gasteiger partial charge on any atom is -0.465 e. The van der Waals surface area contributed by atoms with Crippen molar-refractivity contribution in [1.29, 1.82) is 0 Å². The first kappa shape index (κ1) is 8.56. The average molecular weight is 410 g/mol. The SMILES string of the molecule is [2H]C([2H])([2H])OC(=O)c1cc(Br)cc(N2C([2H])([2H])C([2H])([2H])N(C(=O)OC(C)(C)C)C([2H])([2H])C2([2H])[2H])c1. The fourth-order valence-electron chi connectivity index (χ4n) is 1.66. The van der Waals surface area contributed by atoms with Crippen LogP contribution >= 0.6 is 15.9 Å². The van der Waals surface area contributed by atoms with Crippen LogP contribution in [-0.2, 0) is 9.47 Å². The Morgan fingerprint density at radius 2 is 1.88 bits per heavy atom. The molecule has 24 heavy (non-hydrogen) atoms. The molecule has 1 fully saturated rings. The molecule has 1 heterocycles. The zero-order valence-corrected chi connectivity index (χ0v) is 14.7. The van der Waals surface area contributed by atoms with E-state index in [1.807, 2.05) is 0 Å². The molecule has 0 spiro atoms. The Morgan fingerprint density at radius 3 is 2.46 bits per heavy atom. The van der Waals surface area contributed by atoms with Gasteiger partial charge in [0, 0.05) is 36.1 Å². The van der Waals surface area contributed by atoms with E-state index in [4.69, 9.17) is 19.8 Å². The van der Waals surface area contributed by atoms with Gasteiger partial charge in [-0.3, -0.25) is 0 Å². The lowest BCUT2D eigenvalue weighted by Crippen LogP contribution is -2.50. The van der Waals surface area contributed by atoms with Gasteiger partial charge in [-0.05, 0) is 39.0 Å². The Kier molecular flexibility index (Phi) is 2.65. The summed E-state index contributed by atoms with van der Waals surface area (Å²) in [4.78, 5) is 24.9. The van der Waals surface area contributed by atoms with E-state index in [1.165, 1.54) is 20.8 Å². The number of halogens is 1. The number of esters is 1. The normalized spacial score (nSPS) is 30.9. The van der Waals surface area contributed by atoms with E-state index in [0.29, 0.717) is 0 Å². The van der Waals surface area contributed by atoms with Crippen molar-refractivity contribution in [3.05, 3.63) is 28.2 Å². The van der Waals surface area contributed by atoms with Gasteiger partial charge < -0.3 is 19.3 Å². The van der Waals surface area contributed by atoms with Crippen molar-refractivity contribution in [3.63, 3.8) is 0 Å². The number of ether oxygens (including phenoxy) is 2. The summed E-state index contributed by atoms with van der Waals surface area (Å²) in [6.07, 6.45) is -1.63. The molecule has 1 amide bonds. The van der Waals surface area contributed by atoms with Gasteiger partial charge in [-0.15, -0.1) is 0 Å². The lowest BCUT2D eigenvalue weighted by Gasteiger charge is -2.37. The van der Waals surface area contributed by atoms with Crippen molar-refractivity contribution in [2.75, 3.05) is 37.9 Å². The van der Waals surface area contributed by atoms with Crippen molar-refractivity contribution in [1.82, 2.24) is 4.90 Å². The zero-order valence-electron chi connectivity index (χ0n) is 24.1. The fraction of sp³-hybridized carbons (Fsp3) is 0.529. The van der Waals surface area contributed by atoms with Crippen LogP contribution in [0, 0.1) is 0 Å². The number of hydrogen-bond acceptors (Lipinski definition) is 5. The molecule has 132 valence electrons. The number of piperazine rings is 1. The zero-order chi connectivity index (χ0) is 27.6. The minimum absolute atomic E-state index is 0.0230. The Balaban J connectivity index is 2.73. The Hall–Kier alpha value is -1.76. The minimum atomic E-state index is -3.51. The predicted molar refractivity (Wildman–Crippen MR) is 95.5 cm³/mol. The lowest BCUT2D eigenvalue weighted by atomic mass is 10.1. The van der Waals surface area contributed by atoms with Crippen LogP contribution in [0.15, 0.2) is 22.7 Å². The fourth-order valence-corrected chi connectivity index (χ4v) is 2.15. The lowest BCUT2D eigenvalue weighted by molar-refractivity contribution is 0.0240. The van der Waals surface area contributed by atoms with E-state index in [1.54, 1.807) is 0 Å². The molecule has 0 atom stereocenters. The number of hydrogen-bond donors (Lipinski definition) is 0. The third kappa shape index (κ3) is 4.87. The standard InChI is InChI=1S/C17H23BrN2O4/c1-17(2,3)24-16(22)20-7-5-19(6-8-20)14-10-12(15(21)23-4)9-13(18)11-14/h9-11H,5-8H2,1-4H3/i4D3,5D2,6D2,7D2,8D2. The van der Waals surface area contributed by atoms with Gasteiger partial charge in [-0.2, -0.15) is 0 Å². The second-order valence-corrected chi connectivity index (χ2v) is 6.60. The molecule has 0 bridgehead atoms. The number of carbonyl (C=O) groups excluding carboxylic acids is 2. The molecule has 0 aromatic heterocycles. The van der Waals surface area contributed by atoms with E-state index >= 15 is 0 Å². The molecule has 6 nitrogen and oxygen atoms in total. The maximum atomic E-state index is 12.7. The molecular weight excluding hydrogens is 376 g/mol. The number of methoxy groups -OCH3 is 1. The second-order valence-electron chi connectivity index (χ2n) is 5.69. The summed E-state index contributed by atoms with van der Waals surface area (Å²) in [5.74, 6) is -1.37. The highest BCUT2D eigenvalue weighted by Crippen LogP contribution is 2.25. The van der Waals surface area contributed by atoms with E-state index in [9.17, 15) is 9.59 Å². The molecule has 1 aliphatic rings. The summed E-state index contributed by atoms with van der Waals surface area (Å²) in [5.41, 5.74) is -2.24. The first-order chi connectivity index (χ1) is 15.4. The van der Waals surface area contributed by atoms with Crippen molar-refractivity contribution in [2.24, 2.45) is 0 Å². The monoisotopic (exact) mass is 409 g/mol. The molecule has 0 N–H and O–H groups in total. The molecule has 1 saturated heterocycles. The molecule has 2 rings (SSSR count). The Labute approximate surface area is 166 Å². The molecule has 0 aliphatic carbocycles. The van der Waals surface area contributed by atoms with Crippen LogP contribution in [0.25, 0.3) is 0 Å². The highest BCUT2D eigenvalue weighted by molar-refractivity contribution is 9.10. The van der Waals surface area contributed by atoms with Gasteiger partial charge in [0.05, 0.1) is 27.7 Å². The largest absolute Gasteiger partial charge is 0.465 e. The molecular formula is C17H23BrN2O4. The van der Waals surface area contributed by atoms with Crippen LogP contribution in [-0.4, -0.2) is 55.6 Å². The second kappa shape index (κ2) is 7.42. The number of benzene rings is 1. The number of nitrogens with zero attached hydrogens (tertiary/aromatic N) is 2. The molecule has 7 heteroatoms. The maximum Gasteiger partial charge on any atom is 0.410 e. The van der Waals surface area contributed by atoms with Gasteiger partial charge in [-0.1, -0.05) is 15.9 Å². The number of anilines is 1. The number of carbonyl (C=O) groups is 2.